The summed E-state index contributed by atoms with van der Waals surface area (Å²) in [5.74, 6) is -0.190. The van der Waals surface area contributed by atoms with Gasteiger partial charge in [0.05, 0.1) is 4.92 Å². The van der Waals surface area contributed by atoms with Crippen LogP contribution >= 0.6 is 31.9 Å². The predicted molar refractivity (Wildman–Crippen MR) is 98.2 cm³/mol. The Hall–Kier alpha value is -1.73. The first-order valence-electron chi connectivity index (χ1n) is 7.46. The number of halogens is 2. The minimum Gasteiger partial charge on any atom is -0.348 e. The van der Waals surface area contributed by atoms with E-state index in [1.165, 1.54) is 12.1 Å². The Morgan fingerprint density at radius 3 is 2.54 bits per heavy atom. The minimum absolute atomic E-state index is 0.0187. The molecule has 0 aliphatic heterocycles. The number of benzene rings is 2. The second-order valence-corrected chi connectivity index (χ2v) is 7.47. The van der Waals surface area contributed by atoms with Gasteiger partial charge in [0.15, 0.2) is 0 Å². The molecule has 0 unspecified atom stereocenters. The molecule has 1 N–H and O–H groups in total. The maximum atomic E-state index is 12.5. The molecule has 7 heteroatoms. The van der Waals surface area contributed by atoms with Crippen LogP contribution in [0, 0.1) is 10.1 Å². The molecule has 2 aromatic rings. The summed E-state index contributed by atoms with van der Waals surface area (Å²) in [6, 6.07) is 12.0. The van der Waals surface area contributed by atoms with Crippen LogP contribution in [0.3, 0.4) is 0 Å². The van der Waals surface area contributed by atoms with Gasteiger partial charge in [-0.2, -0.15) is 0 Å². The summed E-state index contributed by atoms with van der Waals surface area (Å²) in [5, 5.41) is 14.0. The minimum atomic E-state index is -0.529. The first kappa shape index (κ1) is 17.1. The van der Waals surface area contributed by atoms with Crippen molar-refractivity contribution < 1.29 is 9.72 Å². The van der Waals surface area contributed by atoms with Crippen LogP contribution in [0.25, 0.3) is 0 Å². The largest absolute Gasteiger partial charge is 0.348 e. The monoisotopic (exact) mass is 452 g/mol. The molecule has 2 aromatic carbocycles. The molecular formula is C17H14Br2N2O3. The van der Waals surface area contributed by atoms with Crippen LogP contribution in [-0.2, 0) is 0 Å². The molecule has 0 aromatic heterocycles. The van der Waals surface area contributed by atoms with Gasteiger partial charge in [-0.1, -0.05) is 50.1 Å². The Balaban J connectivity index is 1.77. The lowest BCUT2D eigenvalue weighted by molar-refractivity contribution is -0.385. The third-order valence-corrected chi connectivity index (χ3v) is 5.48. The molecular weight excluding hydrogens is 440 g/mol. The van der Waals surface area contributed by atoms with Gasteiger partial charge in [0.25, 0.3) is 11.6 Å². The second kappa shape index (κ2) is 7.03. The number of carbonyl (C=O) groups excluding carboxylic acids is 1. The number of amides is 1. The van der Waals surface area contributed by atoms with Crippen LogP contribution in [0.15, 0.2) is 51.4 Å². The van der Waals surface area contributed by atoms with E-state index < -0.39 is 10.8 Å². The topological polar surface area (TPSA) is 72.2 Å². The van der Waals surface area contributed by atoms with Gasteiger partial charge in [-0.15, -0.1) is 0 Å². The quantitative estimate of drug-likeness (QED) is 0.534. The zero-order valence-corrected chi connectivity index (χ0v) is 15.7. The summed E-state index contributed by atoms with van der Waals surface area (Å²) in [7, 11) is 0. The summed E-state index contributed by atoms with van der Waals surface area (Å²) in [5.41, 5.74) is 1.07. The van der Waals surface area contributed by atoms with E-state index >= 15 is 0 Å². The van der Waals surface area contributed by atoms with E-state index in [1.54, 1.807) is 12.1 Å². The molecule has 0 bridgehead atoms. The average molecular weight is 454 g/mol. The van der Waals surface area contributed by atoms with Gasteiger partial charge < -0.3 is 5.32 Å². The maximum Gasteiger partial charge on any atom is 0.282 e. The van der Waals surface area contributed by atoms with E-state index in [9.17, 15) is 14.9 Å². The highest BCUT2D eigenvalue weighted by atomic mass is 79.9. The standard InChI is InChI=1S/C17H14Br2N2O3/c18-10-5-6-11(14(19)9-10)12-7-8-15(12)20-17(22)13-3-1-2-4-16(13)21(23)24/h1-6,9,12,15H,7-8H2,(H,20,22)/t12-,15-/m0/s1. The van der Waals surface area contributed by atoms with E-state index in [4.69, 9.17) is 0 Å². The van der Waals surface area contributed by atoms with Crippen molar-refractivity contribution in [2.24, 2.45) is 0 Å². The van der Waals surface area contributed by atoms with Crippen LogP contribution in [0.4, 0.5) is 5.69 Å². The van der Waals surface area contributed by atoms with Gasteiger partial charge in [0.2, 0.25) is 0 Å². The molecule has 1 fully saturated rings. The van der Waals surface area contributed by atoms with Crippen molar-refractivity contribution in [3.05, 3.63) is 72.7 Å². The van der Waals surface area contributed by atoms with E-state index in [1.807, 2.05) is 18.2 Å². The molecule has 24 heavy (non-hydrogen) atoms. The Labute approximate surface area is 155 Å². The van der Waals surface area contributed by atoms with Crippen molar-refractivity contribution in [2.75, 3.05) is 0 Å². The van der Waals surface area contributed by atoms with Gasteiger partial charge in [-0.3, -0.25) is 14.9 Å². The molecule has 0 saturated heterocycles. The molecule has 0 spiro atoms. The average Bonchev–Trinajstić information content (AvgIpc) is 2.53. The van der Waals surface area contributed by atoms with Crippen molar-refractivity contribution in [3.8, 4) is 0 Å². The molecule has 1 aliphatic carbocycles. The number of para-hydroxylation sites is 1. The Bertz CT molecular complexity index is 810. The Morgan fingerprint density at radius 1 is 1.17 bits per heavy atom. The maximum absolute atomic E-state index is 12.5. The highest BCUT2D eigenvalue weighted by molar-refractivity contribution is 9.11. The van der Waals surface area contributed by atoms with Crippen LogP contribution in [0.2, 0.25) is 0 Å². The molecule has 3 rings (SSSR count). The SMILES string of the molecule is O=C(N[C@H]1CC[C@H]1c1ccc(Br)cc1Br)c1ccccc1[N+](=O)[O-]. The second-order valence-electron chi connectivity index (χ2n) is 5.70. The van der Waals surface area contributed by atoms with Crippen LogP contribution in [0.5, 0.6) is 0 Å². The van der Waals surface area contributed by atoms with Gasteiger partial charge in [-0.05, 0) is 36.6 Å². The fourth-order valence-corrected chi connectivity index (χ4v) is 4.26. The van der Waals surface area contributed by atoms with Crippen molar-refractivity contribution in [1.82, 2.24) is 5.32 Å². The molecule has 1 aliphatic rings. The van der Waals surface area contributed by atoms with Crippen LogP contribution < -0.4 is 5.32 Å². The predicted octanol–water partition coefficient (Wildman–Crippen LogP) is 4.80. The normalized spacial score (nSPS) is 19.4. The molecule has 124 valence electrons. The molecule has 0 heterocycles. The molecule has 2 atom stereocenters. The molecule has 1 saturated carbocycles. The number of rotatable bonds is 4. The van der Waals surface area contributed by atoms with Gasteiger partial charge >= 0.3 is 0 Å². The van der Waals surface area contributed by atoms with Gasteiger partial charge in [0, 0.05) is 27.0 Å². The fourth-order valence-electron chi connectivity index (χ4n) is 2.92. The number of hydrogen-bond donors (Lipinski definition) is 1. The lowest BCUT2D eigenvalue weighted by atomic mass is 9.75. The highest BCUT2D eigenvalue weighted by Crippen LogP contribution is 2.41. The van der Waals surface area contributed by atoms with Crippen molar-refractivity contribution in [3.63, 3.8) is 0 Å². The number of nitro benzene ring substituents is 1. The molecule has 1 amide bonds. The number of carbonyl (C=O) groups is 1. The number of nitrogens with one attached hydrogen (secondary N) is 1. The first-order chi connectivity index (χ1) is 11.5. The molecule has 0 radical (unpaired) electrons. The van der Waals surface area contributed by atoms with Crippen molar-refractivity contribution in [2.45, 2.75) is 24.8 Å². The summed E-state index contributed by atoms with van der Waals surface area (Å²) in [6.07, 6.45) is 1.83. The van der Waals surface area contributed by atoms with E-state index in [0.29, 0.717) is 0 Å². The summed E-state index contributed by atoms with van der Waals surface area (Å²) >= 11 is 6.99. The molecule has 5 nitrogen and oxygen atoms in total. The summed E-state index contributed by atoms with van der Waals surface area (Å²) in [4.78, 5) is 23.0. The fraction of sp³-hybridized carbons (Fsp3) is 0.235. The van der Waals surface area contributed by atoms with Crippen LogP contribution in [-0.4, -0.2) is 16.9 Å². The smallest absolute Gasteiger partial charge is 0.282 e. The zero-order chi connectivity index (χ0) is 17.3. The van der Waals surface area contributed by atoms with Crippen molar-refractivity contribution in [1.29, 1.82) is 0 Å². The third kappa shape index (κ3) is 3.37. The van der Waals surface area contributed by atoms with Crippen molar-refractivity contribution >= 4 is 43.5 Å². The summed E-state index contributed by atoms with van der Waals surface area (Å²) in [6.45, 7) is 0. The van der Waals surface area contributed by atoms with E-state index in [2.05, 4.69) is 37.2 Å². The van der Waals surface area contributed by atoms with E-state index in [0.717, 1.165) is 27.4 Å². The zero-order valence-electron chi connectivity index (χ0n) is 12.5. The third-order valence-electron chi connectivity index (χ3n) is 4.30. The highest BCUT2D eigenvalue weighted by Gasteiger charge is 2.35. The lowest BCUT2D eigenvalue weighted by Gasteiger charge is -2.38. The first-order valence-corrected chi connectivity index (χ1v) is 9.05. The van der Waals surface area contributed by atoms with E-state index in [-0.39, 0.29) is 23.2 Å². The van der Waals surface area contributed by atoms with Crippen LogP contribution in [0.1, 0.15) is 34.7 Å². The lowest BCUT2D eigenvalue weighted by Crippen LogP contribution is -2.45. The Morgan fingerprint density at radius 2 is 1.92 bits per heavy atom. The summed E-state index contributed by atoms with van der Waals surface area (Å²) < 4.78 is 1.98. The van der Waals surface area contributed by atoms with Gasteiger partial charge in [-0.25, -0.2) is 0 Å². The number of nitro groups is 1. The van der Waals surface area contributed by atoms with Gasteiger partial charge in [0.1, 0.15) is 5.56 Å². The number of nitrogens with zero attached hydrogens (tertiary/aromatic N) is 1. The Kier molecular flexibility index (Phi) is 5.01. The number of hydrogen-bond acceptors (Lipinski definition) is 3.